The Morgan fingerprint density at radius 1 is 1.26 bits per heavy atom. The van der Waals surface area contributed by atoms with Gasteiger partial charge in [0.05, 0.1) is 5.92 Å². The molecule has 2 amide bonds. The second-order valence-electron chi connectivity index (χ2n) is 5.65. The molecule has 1 unspecified atom stereocenters. The molecule has 1 aliphatic rings. The summed E-state index contributed by atoms with van der Waals surface area (Å²) >= 11 is 0. The highest BCUT2D eigenvalue weighted by atomic mass is 16.5. The van der Waals surface area contributed by atoms with Crippen molar-refractivity contribution in [1.29, 1.82) is 0 Å². The maximum atomic E-state index is 12.7. The van der Waals surface area contributed by atoms with Crippen LogP contribution in [-0.4, -0.2) is 45.6 Å². The van der Waals surface area contributed by atoms with Crippen LogP contribution in [-0.2, 0) is 20.8 Å². The summed E-state index contributed by atoms with van der Waals surface area (Å²) in [7, 11) is 0. The third-order valence-corrected chi connectivity index (χ3v) is 4.05. The maximum absolute atomic E-state index is 12.7. The molecular formula is C16H20N2O5. The molecule has 124 valence electrons. The van der Waals surface area contributed by atoms with Gasteiger partial charge in [-0.15, -0.1) is 0 Å². The van der Waals surface area contributed by atoms with Crippen LogP contribution in [0.4, 0.5) is 0 Å². The van der Waals surface area contributed by atoms with Gasteiger partial charge in [-0.3, -0.25) is 14.8 Å². The van der Waals surface area contributed by atoms with Gasteiger partial charge in [0.25, 0.3) is 0 Å². The van der Waals surface area contributed by atoms with E-state index < -0.39 is 23.8 Å². The lowest BCUT2D eigenvalue weighted by molar-refractivity contribution is -0.150. The predicted octanol–water partition coefficient (Wildman–Crippen LogP) is 0.816. The number of carbonyl (C=O) groups excluding carboxylic acids is 2. The summed E-state index contributed by atoms with van der Waals surface area (Å²) < 4.78 is 0. The van der Waals surface area contributed by atoms with Crippen molar-refractivity contribution < 1.29 is 24.7 Å². The van der Waals surface area contributed by atoms with Gasteiger partial charge < -0.3 is 10.0 Å². The minimum Gasteiger partial charge on any atom is -0.480 e. The molecule has 1 heterocycles. The fourth-order valence-electron chi connectivity index (χ4n) is 2.94. The van der Waals surface area contributed by atoms with E-state index in [-0.39, 0.29) is 12.3 Å². The van der Waals surface area contributed by atoms with Gasteiger partial charge in [0.2, 0.25) is 11.8 Å². The number of amides is 2. The summed E-state index contributed by atoms with van der Waals surface area (Å²) in [6, 6.07) is 8.36. The van der Waals surface area contributed by atoms with Gasteiger partial charge in [-0.2, -0.15) is 0 Å². The molecule has 1 saturated heterocycles. The van der Waals surface area contributed by atoms with Crippen LogP contribution < -0.4 is 5.48 Å². The van der Waals surface area contributed by atoms with E-state index in [1.165, 1.54) is 10.4 Å². The number of carbonyl (C=O) groups is 3. The number of benzene rings is 1. The van der Waals surface area contributed by atoms with Crippen molar-refractivity contribution in [2.75, 3.05) is 6.54 Å². The van der Waals surface area contributed by atoms with E-state index in [4.69, 9.17) is 5.21 Å². The van der Waals surface area contributed by atoms with Gasteiger partial charge >= 0.3 is 5.97 Å². The van der Waals surface area contributed by atoms with Crippen LogP contribution in [0.15, 0.2) is 30.3 Å². The summed E-state index contributed by atoms with van der Waals surface area (Å²) in [5, 5.41) is 17.9. The van der Waals surface area contributed by atoms with Crippen LogP contribution in [0.25, 0.3) is 0 Å². The summed E-state index contributed by atoms with van der Waals surface area (Å²) in [5.41, 5.74) is 2.41. The second-order valence-corrected chi connectivity index (χ2v) is 5.65. The number of rotatable bonds is 6. The number of aliphatic carboxylic acids is 1. The number of nitrogens with one attached hydrogen (secondary N) is 1. The van der Waals surface area contributed by atoms with Crippen LogP contribution in [0.3, 0.4) is 0 Å². The zero-order valence-electron chi connectivity index (χ0n) is 12.6. The Balaban J connectivity index is 2.16. The smallest absolute Gasteiger partial charge is 0.326 e. The van der Waals surface area contributed by atoms with Crippen molar-refractivity contribution in [2.24, 2.45) is 5.92 Å². The molecule has 1 aliphatic heterocycles. The lowest BCUT2D eigenvalue weighted by atomic mass is 9.94. The fraction of sp³-hybridized carbons (Fsp3) is 0.438. The standard InChI is InChI=1S/C16H20N2O5/c19-14(17-23)10-12(9-11-5-2-1-3-6-11)15(20)18-8-4-7-13(18)16(21)22/h1-3,5-6,12-13,23H,4,7-10H2,(H,17,19)(H,21,22)/t12?,13-/m0/s1. The topological polar surface area (TPSA) is 107 Å². The van der Waals surface area contributed by atoms with E-state index in [2.05, 4.69) is 0 Å². The van der Waals surface area contributed by atoms with Crippen molar-refractivity contribution in [1.82, 2.24) is 10.4 Å². The third kappa shape index (κ3) is 4.29. The Kier molecular flexibility index (Phi) is 5.70. The van der Waals surface area contributed by atoms with Gasteiger partial charge in [0.1, 0.15) is 6.04 Å². The first-order valence-corrected chi connectivity index (χ1v) is 7.53. The van der Waals surface area contributed by atoms with Gasteiger partial charge in [-0.05, 0) is 24.8 Å². The quantitative estimate of drug-likeness (QED) is 0.531. The number of hydroxylamine groups is 1. The Morgan fingerprint density at radius 2 is 1.96 bits per heavy atom. The van der Waals surface area contributed by atoms with E-state index in [1.807, 2.05) is 30.3 Å². The maximum Gasteiger partial charge on any atom is 0.326 e. The molecule has 1 aromatic rings. The SMILES string of the molecule is O=C(CC(Cc1ccccc1)C(=O)N1CCC[C@H]1C(=O)O)NO. The molecule has 7 heteroatoms. The molecule has 0 saturated carbocycles. The van der Waals surface area contributed by atoms with Crippen LogP contribution in [0.2, 0.25) is 0 Å². The van der Waals surface area contributed by atoms with Gasteiger partial charge in [0, 0.05) is 13.0 Å². The van der Waals surface area contributed by atoms with E-state index in [9.17, 15) is 19.5 Å². The van der Waals surface area contributed by atoms with E-state index in [0.29, 0.717) is 25.8 Å². The first-order valence-electron chi connectivity index (χ1n) is 7.53. The fourth-order valence-corrected chi connectivity index (χ4v) is 2.94. The van der Waals surface area contributed by atoms with Crippen molar-refractivity contribution in [3.05, 3.63) is 35.9 Å². The number of carboxylic acids is 1. The number of hydrogen-bond donors (Lipinski definition) is 3. The van der Waals surface area contributed by atoms with Gasteiger partial charge in [0.15, 0.2) is 0 Å². The minimum atomic E-state index is -1.03. The second kappa shape index (κ2) is 7.73. The summed E-state index contributed by atoms with van der Waals surface area (Å²) in [5.74, 6) is -2.75. The van der Waals surface area contributed by atoms with E-state index in [1.54, 1.807) is 0 Å². The minimum absolute atomic E-state index is 0.187. The van der Waals surface area contributed by atoms with Crippen molar-refractivity contribution in [3.63, 3.8) is 0 Å². The zero-order valence-corrected chi connectivity index (χ0v) is 12.6. The Labute approximate surface area is 133 Å². The molecule has 7 nitrogen and oxygen atoms in total. The zero-order chi connectivity index (χ0) is 16.8. The lowest BCUT2D eigenvalue weighted by Gasteiger charge is -2.26. The molecule has 0 aromatic heterocycles. The Hall–Kier alpha value is -2.41. The molecule has 0 bridgehead atoms. The largest absolute Gasteiger partial charge is 0.480 e. The summed E-state index contributed by atoms with van der Waals surface area (Å²) in [6.45, 7) is 0.377. The number of carboxylic acid groups (broad SMARTS) is 1. The Bertz CT molecular complexity index is 575. The highest BCUT2D eigenvalue weighted by Crippen LogP contribution is 2.23. The summed E-state index contributed by atoms with van der Waals surface area (Å²) in [4.78, 5) is 36.8. The monoisotopic (exact) mass is 320 g/mol. The third-order valence-electron chi connectivity index (χ3n) is 4.05. The van der Waals surface area contributed by atoms with Crippen molar-refractivity contribution in [3.8, 4) is 0 Å². The first kappa shape index (κ1) is 17.0. The van der Waals surface area contributed by atoms with E-state index in [0.717, 1.165) is 5.56 Å². The molecular weight excluding hydrogens is 300 g/mol. The molecule has 0 aliphatic carbocycles. The average Bonchev–Trinajstić information content (AvgIpc) is 3.04. The predicted molar refractivity (Wildman–Crippen MR) is 80.6 cm³/mol. The molecule has 3 N–H and O–H groups in total. The lowest BCUT2D eigenvalue weighted by Crippen LogP contribution is -2.45. The molecule has 0 radical (unpaired) electrons. The highest BCUT2D eigenvalue weighted by Gasteiger charge is 2.37. The molecule has 1 fully saturated rings. The average molecular weight is 320 g/mol. The van der Waals surface area contributed by atoms with Crippen LogP contribution in [0, 0.1) is 5.92 Å². The van der Waals surface area contributed by atoms with Crippen LogP contribution in [0.1, 0.15) is 24.8 Å². The number of nitrogens with zero attached hydrogens (tertiary/aromatic N) is 1. The van der Waals surface area contributed by atoms with Crippen molar-refractivity contribution in [2.45, 2.75) is 31.7 Å². The number of hydrogen-bond acceptors (Lipinski definition) is 4. The van der Waals surface area contributed by atoms with Gasteiger partial charge in [-0.25, -0.2) is 10.3 Å². The molecule has 23 heavy (non-hydrogen) atoms. The first-order chi connectivity index (χ1) is 11.0. The molecule has 1 aromatic carbocycles. The normalized spacial score (nSPS) is 18.5. The van der Waals surface area contributed by atoms with Crippen molar-refractivity contribution >= 4 is 17.8 Å². The van der Waals surface area contributed by atoms with E-state index >= 15 is 0 Å². The van der Waals surface area contributed by atoms with Crippen LogP contribution >= 0.6 is 0 Å². The number of likely N-dealkylation sites (tertiary alicyclic amines) is 1. The summed E-state index contributed by atoms with van der Waals surface area (Å²) in [6.07, 6.45) is 1.18. The highest BCUT2D eigenvalue weighted by molar-refractivity contribution is 5.89. The molecule has 2 atom stereocenters. The van der Waals surface area contributed by atoms with Crippen LogP contribution in [0.5, 0.6) is 0 Å². The molecule has 2 rings (SSSR count). The molecule has 0 spiro atoms. The van der Waals surface area contributed by atoms with Gasteiger partial charge in [-0.1, -0.05) is 30.3 Å². The Morgan fingerprint density at radius 3 is 2.57 bits per heavy atom.